The molecule has 140 valence electrons. The monoisotopic (exact) mass is 359 g/mol. The third kappa shape index (κ3) is 4.77. The number of furan rings is 1. The van der Waals surface area contributed by atoms with Crippen molar-refractivity contribution in [3.05, 3.63) is 54.0 Å². The molecule has 2 aromatic rings. The number of ether oxygens (including phenoxy) is 1. The van der Waals surface area contributed by atoms with Crippen LogP contribution in [-0.2, 0) is 6.54 Å². The molecule has 1 aliphatic rings. The second kappa shape index (κ2) is 8.73. The standard InChI is InChI=1S/C19H25N3O4/c1-25-16-6-4-15(5-7-16)13-20-19(24)22-10-8-21(9-11-22)14-17(23)18-3-2-12-26-18/h2-7,12,17,23H,8-11,13-14H2,1H3,(H,20,24). The number of carbonyl (C=O) groups excluding carboxylic acids is 1. The van der Waals surface area contributed by atoms with Crippen LogP contribution < -0.4 is 10.1 Å². The topological polar surface area (TPSA) is 78.2 Å². The second-order valence-corrected chi connectivity index (χ2v) is 6.33. The number of hydrogen-bond donors (Lipinski definition) is 2. The van der Waals surface area contributed by atoms with E-state index in [0.29, 0.717) is 31.9 Å². The van der Waals surface area contributed by atoms with E-state index in [4.69, 9.17) is 9.15 Å². The molecule has 26 heavy (non-hydrogen) atoms. The van der Waals surface area contributed by atoms with Gasteiger partial charge in [0.15, 0.2) is 0 Å². The average Bonchev–Trinajstić information content (AvgIpc) is 3.22. The third-order valence-corrected chi connectivity index (χ3v) is 4.57. The summed E-state index contributed by atoms with van der Waals surface area (Å²) in [5.41, 5.74) is 1.03. The van der Waals surface area contributed by atoms with E-state index in [1.807, 2.05) is 24.3 Å². The maximum atomic E-state index is 12.3. The van der Waals surface area contributed by atoms with Gasteiger partial charge in [0.25, 0.3) is 0 Å². The maximum Gasteiger partial charge on any atom is 0.317 e. The minimum Gasteiger partial charge on any atom is -0.497 e. The second-order valence-electron chi connectivity index (χ2n) is 6.33. The molecule has 0 aliphatic carbocycles. The summed E-state index contributed by atoms with van der Waals surface area (Å²) in [6, 6.07) is 11.1. The van der Waals surface area contributed by atoms with Gasteiger partial charge in [0.05, 0.1) is 13.4 Å². The molecule has 1 fully saturated rings. The highest BCUT2D eigenvalue weighted by Crippen LogP contribution is 2.16. The first-order valence-corrected chi connectivity index (χ1v) is 8.75. The first-order valence-electron chi connectivity index (χ1n) is 8.75. The zero-order chi connectivity index (χ0) is 18.4. The van der Waals surface area contributed by atoms with E-state index >= 15 is 0 Å². The van der Waals surface area contributed by atoms with Crippen molar-refractivity contribution in [2.24, 2.45) is 0 Å². The molecule has 1 aromatic carbocycles. The minimum absolute atomic E-state index is 0.0629. The van der Waals surface area contributed by atoms with Gasteiger partial charge in [-0.15, -0.1) is 0 Å². The van der Waals surface area contributed by atoms with E-state index in [1.165, 1.54) is 0 Å². The van der Waals surface area contributed by atoms with Gasteiger partial charge in [0.2, 0.25) is 0 Å². The van der Waals surface area contributed by atoms with Crippen LogP contribution in [0.1, 0.15) is 17.4 Å². The summed E-state index contributed by atoms with van der Waals surface area (Å²) < 4.78 is 10.4. The van der Waals surface area contributed by atoms with Crippen molar-refractivity contribution in [3.8, 4) is 5.75 Å². The predicted molar refractivity (Wildman–Crippen MR) is 96.9 cm³/mol. The van der Waals surface area contributed by atoms with E-state index in [1.54, 1.807) is 30.4 Å². The van der Waals surface area contributed by atoms with Crippen LogP contribution in [0.5, 0.6) is 5.75 Å². The number of urea groups is 1. The molecule has 2 amide bonds. The number of rotatable bonds is 6. The Hall–Kier alpha value is -2.51. The molecular formula is C19H25N3O4. The Morgan fingerprint density at radius 1 is 1.23 bits per heavy atom. The Morgan fingerprint density at radius 2 is 1.96 bits per heavy atom. The Balaban J connectivity index is 1.40. The van der Waals surface area contributed by atoms with Crippen molar-refractivity contribution < 1.29 is 19.1 Å². The summed E-state index contributed by atoms with van der Waals surface area (Å²) >= 11 is 0. The number of amides is 2. The number of piperazine rings is 1. The van der Waals surface area contributed by atoms with Crippen LogP contribution in [0.25, 0.3) is 0 Å². The zero-order valence-corrected chi connectivity index (χ0v) is 14.9. The lowest BCUT2D eigenvalue weighted by molar-refractivity contribution is 0.0691. The third-order valence-electron chi connectivity index (χ3n) is 4.57. The van der Waals surface area contributed by atoms with Gasteiger partial charge >= 0.3 is 6.03 Å². The van der Waals surface area contributed by atoms with Gasteiger partial charge in [-0.3, -0.25) is 4.90 Å². The van der Waals surface area contributed by atoms with Crippen LogP contribution >= 0.6 is 0 Å². The molecule has 3 rings (SSSR count). The molecule has 0 radical (unpaired) electrons. The van der Waals surface area contributed by atoms with Crippen LogP contribution in [0.4, 0.5) is 4.79 Å². The number of aliphatic hydroxyl groups is 1. The van der Waals surface area contributed by atoms with Crippen molar-refractivity contribution >= 4 is 6.03 Å². The van der Waals surface area contributed by atoms with Gasteiger partial charge in [-0.25, -0.2) is 4.79 Å². The van der Waals surface area contributed by atoms with Crippen molar-refractivity contribution in [2.75, 3.05) is 39.8 Å². The fourth-order valence-electron chi connectivity index (χ4n) is 2.98. The first kappa shape index (κ1) is 18.3. The van der Waals surface area contributed by atoms with Gasteiger partial charge in [0, 0.05) is 39.3 Å². The summed E-state index contributed by atoms with van der Waals surface area (Å²) in [6.45, 7) is 3.73. The van der Waals surface area contributed by atoms with Crippen LogP contribution in [0.15, 0.2) is 47.1 Å². The summed E-state index contributed by atoms with van der Waals surface area (Å²) in [4.78, 5) is 16.3. The number of benzene rings is 1. The molecule has 2 heterocycles. The number of methoxy groups -OCH3 is 1. The van der Waals surface area contributed by atoms with Crippen LogP contribution in [0, 0.1) is 0 Å². The molecule has 1 atom stereocenters. The van der Waals surface area contributed by atoms with Crippen LogP contribution in [0.3, 0.4) is 0 Å². The van der Waals surface area contributed by atoms with Gasteiger partial charge in [0.1, 0.15) is 17.6 Å². The molecule has 1 saturated heterocycles. The fourth-order valence-corrected chi connectivity index (χ4v) is 2.98. The zero-order valence-electron chi connectivity index (χ0n) is 14.9. The molecule has 1 unspecified atom stereocenters. The Labute approximate surface area is 153 Å². The molecule has 0 saturated carbocycles. The molecule has 1 aromatic heterocycles. The van der Waals surface area contributed by atoms with Crippen molar-refractivity contribution in [1.82, 2.24) is 15.1 Å². The van der Waals surface area contributed by atoms with Gasteiger partial charge in [-0.2, -0.15) is 0 Å². The van der Waals surface area contributed by atoms with E-state index in [-0.39, 0.29) is 6.03 Å². The van der Waals surface area contributed by atoms with E-state index in [2.05, 4.69) is 10.2 Å². The lowest BCUT2D eigenvalue weighted by atomic mass is 10.2. The van der Waals surface area contributed by atoms with E-state index in [0.717, 1.165) is 24.4 Å². The van der Waals surface area contributed by atoms with Gasteiger partial charge in [-0.1, -0.05) is 12.1 Å². The average molecular weight is 359 g/mol. The van der Waals surface area contributed by atoms with Crippen LogP contribution in [-0.4, -0.2) is 60.8 Å². The predicted octanol–water partition coefficient (Wildman–Crippen LogP) is 1.85. The highest BCUT2D eigenvalue weighted by molar-refractivity contribution is 5.74. The molecule has 1 aliphatic heterocycles. The number of β-amino-alcohol motifs (C(OH)–C–C–N with tert-alkyl or cyclic N) is 1. The maximum absolute atomic E-state index is 12.3. The lowest BCUT2D eigenvalue weighted by Crippen LogP contribution is -2.52. The van der Waals surface area contributed by atoms with E-state index in [9.17, 15) is 9.90 Å². The Morgan fingerprint density at radius 3 is 2.58 bits per heavy atom. The summed E-state index contributed by atoms with van der Waals surface area (Å²) in [5.74, 6) is 1.37. The van der Waals surface area contributed by atoms with Crippen molar-refractivity contribution in [3.63, 3.8) is 0 Å². The van der Waals surface area contributed by atoms with Crippen LogP contribution in [0.2, 0.25) is 0 Å². The number of carbonyl (C=O) groups is 1. The number of nitrogens with one attached hydrogen (secondary N) is 1. The molecule has 7 nitrogen and oxygen atoms in total. The number of aliphatic hydroxyl groups excluding tert-OH is 1. The highest BCUT2D eigenvalue weighted by atomic mass is 16.5. The molecule has 2 N–H and O–H groups in total. The minimum atomic E-state index is -0.638. The lowest BCUT2D eigenvalue weighted by Gasteiger charge is -2.35. The SMILES string of the molecule is COc1ccc(CNC(=O)N2CCN(CC(O)c3ccco3)CC2)cc1. The van der Waals surface area contributed by atoms with Gasteiger partial charge in [-0.05, 0) is 29.8 Å². The number of nitrogens with zero attached hydrogens (tertiary/aromatic N) is 2. The van der Waals surface area contributed by atoms with Crippen molar-refractivity contribution in [1.29, 1.82) is 0 Å². The molecule has 7 heteroatoms. The van der Waals surface area contributed by atoms with Crippen molar-refractivity contribution in [2.45, 2.75) is 12.6 Å². The molecule has 0 spiro atoms. The Kier molecular flexibility index (Phi) is 6.14. The molecular weight excluding hydrogens is 334 g/mol. The number of hydrogen-bond acceptors (Lipinski definition) is 5. The highest BCUT2D eigenvalue weighted by Gasteiger charge is 2.23. The molecule has 0 bridgehead atoms. The normalized spacial score (nSPS) is 16.3. The fraction of sp³-hybridized carbons (Fsp3) is 0.421. The summed E-state index contributed by atoms with van der Waals surface area (Å²) in [5, 5.41) is 13.1. The Bertz CT molecular complexity index is 679. The smallest absolute Gasteiger partial charge is 0.317 e. The first-order chi connectivity index (χ1) is 12.7. The summed E-state index contributed by atoms with van der Waals surface area (Å²) in [6.07, 6.45) is 0.921. The summed E-state index contributed by atoms with van der Waals surface area (Å²) in [7, 11) is 1.63. The van der Waals surface area contributed by atoms with E-state index < -0.39 is 6.10 Å². The van der Waals surface area contributed by atoms with Gasteiger partial charge < -0.3 is 24.5 Å². The quantitative estimate of drug-likeness (QED) is 0.823. The largest absolute Gasteiger partial charge is 0.497 e.